The van der Waals surface area contributed by atoms with E-state index >= 15 is 0 Å². The molecule has 0 saturated carbocycles. The van der Waals surface area contributed by atoms with Gasteiger partial charge in [0.15, 0.2) is 0 Å². The molecule has 1 aliphatic heterocycles. The second kappa shape index (κ2) is 8.66. The molecule has 1 unspecified atom stereocenters. The van der Waals surface area contributed by atoms with Crippen LogP contribution in [0.1, 0.15) is 45.6 Å². The fraction of sp³-hybridized carbons (Fsp3) is 0.458. The first kappa shape index (κ1) is 21.5. The fourth-order valence-corrected chi connectivity index (χ4v) is 4.45. The van der Waals surface area contributed by atoms with Crippen LogP contribution >= 0.6 is 11.6 Å². The molecule has 1 aliphatic rings. The first-order chi connectivity index (χ1) is 13.7. The molecule has 2 atom stereocenters. The van der Waals surface area contributed by atoms with E-state index < -0.39 is 0 Å². The van der Waals surface area contributed by atoms with Crippen molar-refractivity contribution >= 4 is 28.9 Å². The highest BCUT2D eigenvalue weighted by Crippen LogP contribution is 2.42. The number of nitrogens with one attached hydrogen (secondary N) is 1. The van der Waals surface area contributed by atoms with Crippen LogP contribution in [0.3, 0.4) is 0 Å². The topological polar surface area (TPSA) is 58.4 Å². The van der Waals surface area contributed by atoms with Gasteiger partial charge in [-0.1, -0.05) is 51.4 Å². The number of nitrogens with zero attached hydrogens (tertiary/aromatic N) is 1. The Morgan fingerprint density at radius 1 is 1.14 bits per heavy atom. The predicted molar refractivity (Wildman–Crippen MR) is 122 cm³/mol. The van der Waals surface area contributed by atoms with Gasteiger partial charge in [0.05, 0.1) is 0 Å². The Balaban J connectivity index is 1.73. The van der Waals surface area contributed by atoms with Crippen molar-refractivity contribution in [3.8, 4) is 0 Å². The minimum absolute atomic E-state index is 0.00946. The van der Waals surface area contributed by atoms with E-state index in [4.69, 9.17) is 17.3 Å². The number of anilines is 2. The molecule has 0 spiro atoms. The van der Waals surface area contributed by atoms with Gasteiger partial charge in [0, 0.05) is 29.5 Å². The Morgan fingerprint density at radius 3 is 2.31 bits per heavy atom. The lowest BCUT2D eigenvalue weighted by molar-refractivity contribution is -0.136. The maximum absolute atomic E-state index is 13.4. The van der Waals surface area contributed by atoms with Crippen molar-refractivity contribution in [1.82, 2.24) is 4.90 Å². The van der Waals surface area contributed by atoms with E-state index in [2.05, 4.69) is 45.1 Å². The van der Waals surface area contributed by atoms with Gasteiger partial charge in [-0.25, -0.2) is 0 Å². The summed E-state index contributed by atoms with van der Waals surface area (Å²) in [4.78, 5) is 15.4. The van der Waals surface area contributed by atoms with Gasteiger partial charge in [0.1, 0.15) is 6.04 Å². The lowest BCUT2D eigenvalue weighted by atomic mass is 9.70. The number of nitrogen functional groups attached to an aromatic ring is 1. The van der Waals surface area contributed by atoms with Crippen LogP contribution in [-0.2, 0) is 4.79 Å². The molecule has 1 saturated heterocycles. The van der Waals surface area contributed by atoms with E-state index in [1.54, 1.807) is 0 Å². The summed E-state index contributed by atoms with van der Waals surface area (Å²) < 4.78 is 0. The second-order valence-electron chi connectivity index (χ2n) is 9.13. The number of hydrogen-bond donors (Lipinski definition) is 2. The largest absolute Gasteiger partial charge is 0.399 e. The lowest BCUT2D eigenvalue weighted by Gasteiger charge is -2.46. The maximum Gasteiger partial charge on any atom is 0.245 e. The van der Waals surface area contributed by atoms with Crippen molar-refractivity contribution in [2.45, 2.75) is 46.1 Å². The summed E-state index contributed by atoms with van der Waals surface area (Å²) >= 11 is 6.06. The Hall–Kier alpha value is -2.20. The van der Waals surface area contributed by atoms with E-state index in [0.717, 1.165) is 30.2 Å². The highest BCUT2D eigenvalue weighted by Gasteiger charge is 2.40. The summed E-state index contributed by atoms with van der Waals surface area (Å²) in [5, 5.41) is 4.17. The third-order valence-electron chi connectivity index (χ3n) is 5.98. The number of piperidine rings is 1. The summed E-state index contributed by atoms with van der Waals surface area (Å²) in [6.45, 7) is 10.2. The van der Waals surface area contributed by atoms with Crippen molar-refractivity contribution < 1.29 is 4.79 Å². The zero-order valence-electron chi connectivity index (χ0n) is 17.8. The van der Waals surface area contributed by atoms with E-state index in [0.29, 0.717) is 11.6 Å². The van der Waals surface area contributed by atoms with E-state index in [-0.39, 0.29) is 23.3 Å². The molecular formula is C24H32ClN3O. The quantitative estimate of drug-likeness (QED) is 0.645. The monoisotopic (exact) mass is 413 g/mol. The molecule has 156 valence electrons. The van der Waals surface area contributed by atoms with Gasteiger partial charge < -0.3 is 16.0 Å². The van der Waals surface area contributed by atoms with Crippen molar-refractivity contribution in [3.05, 3.63) is 59.1 Å². The van der Waals surface area contributed by atoms with E-state index in [1.165, 1.54) is 5.56 Å². The van der Waals surface area contributed by atoms with Gasteiger partial charge in [-0.3, -0.25) is 4.79 Å². The van der Waals surface area contributed by atoms with Gasteiger partial charge in [-0.15, -0.1) is 0 Å². The minimum atomic E-state index is -0.262. The Kier molecular flexibility index (Phi) is 6.42. The third-order valence-corrected chi connectivity index (χ3v) is 6.23. The molecule has 0 aromatic heterocycles. The standard InChI is InChI=1S/C24H32ClN3O/c1-16(2)22(27-20-11-9-19(26)10-12-20)23(29)28-14-13-21(24(3,4)15-28)17-5-7-18(25)8-6-17/h5-12,16,21-22,27H,13-15,26H2,1-4H3/t21?,22-/m1/s1. The lowest BCUT2D eigenvalue weighted by Crippen LogP contribution is -2.53. The van der Waals surface area contributed by atoms with Crippen molar-refractivity contribution in [3.63, 3.8) is 0 Å². The number of amides is 1. The molecule has 5 heteroatoms. The third kappa shape index (κ3) is 5.05. The summed E-state index contributed by atoms with van der Waals surface area (Å²) in [6.07, 6.45) is 0.951. The van der Waals surface area contributed by atoms with Crippen LogP contribution in [0, 0.1) is 11.3 Å². The number of halogens is 1. The number of carbonyl (C=O) groups is 1. The predicted octanol–water partition coefficient (Wildman–Crippen LogP) is 5.40. The van der Waals surface area contributed by atoms with Crippen molar-refractivity contribution in [1.29, 1.82) is 0 Å². The number of likely N-dealkylation sites (tertiary alicyclic amines) is 1. The molecule has 29 heavy (non-hydrogen) atoms. The molecule has 3 N–H and O–H groups in total. The molecule has 1 heterocycles. The Bertz CT molecular complexity index is 830. The smallest absolute Gasteiger partial charge is 0.245 e. The van der Waals surface area contributed by atoms with Crippen LogP contribution in [0.15, 0.2) is 48.5 Å². The number of hydrogen-bond acceptors (Lipinski definition) is 3. The first-order valence-electron chi connectivity index (χ1n) is 10.3. The average Bonchev–Trinajstić information content (AvgIpc) is 2.67. The number of carbonyl (C=O) groups excluding carboxylic acids is 1. The van der Waals surface area contributed by atoms with Crippen molar-refractivity contribution in [2.75, 3.05) is 24.1 Å². The van der Waals surface area contributed by atoms with Crippen LogP contribution in [0.2, 0.25) is 5.02 Å². The number of benzene rings is 2. The Labute approximate surface area is 179 Å². The SMILES string of the molecule is CC(C)[C@@H](Nc1ccc(N)cc1)C(=O)N1CCC(c2ccc(Cl)cc2)C(C)(C)C1. The van der Waals surface area contributed by atoms with Gasteiger partial charge in [-0.05, 0) is 65.6 Å². The molecule has 4 nitrogen and oxygen atoms in total. The van der Waals surface area contributed by atoms with Crippen LogP contribution < -0.4 is 11.1 Å². The second-order valence-corrected chi connectivity index (χ2v) is 9.57. The molecule has 1 amide bonds. The van der Waals surface area contributed by atoms with Gasteiger partial charge in [0.2, 0.25) is 5.91 Å². The van der Waals surface area contributed by atoms with Gasteiger partial charge in [0.25, 0.3) is 0 Å². The number of nitrogens with two attached hydrogens (primary N) is 1. The summed E-state index contributed by atoms with van der Waals surface area (Å²) in [7, 11) is 0. The molecule has 2 aromatic carbocycles. The highest BCUT2D eigenvalue weighted by atomic mass is 35.5. The van der Waals surface area contributed by atoms with Crippen LogP contribution in [-0.4, -0.2) is 29.9 Å². The first-order valence-corrected chi connectivity index (χ1v) is 10.7. The van der Waals surface area contributed by atoms with Gasteiger partial charge >= 0.3 is 0 Å². The molecule has 0 bridgehead atoms. The summed E-state index contributed by atoms with van der Waals surface area (Å²) in [5.41, 5.74) is 8.71. The summed E-state index contributed by atoms with van der Waals surface area (Å²) in [5.74, 6) is 0.753. The van der Waals surface area contributed by atoms with Crippen LogP contribution in [0.5, 0.6) is 0 Å². The van der Waals surface area contributed by atoms with Crippen molar-refractivity contribution in [2.24, 2.45) is 11.3 Å². The fourth-order valence-electron chi connectivity index (χ4n) is 4.33. The normalized spacial score (nSPS) is 19.8. The van der Waals surface area contributed by atoms with Crippen LogP contribution in [0.4, 0.5) is 11.4 Å². The molecule has 1 fully saturated rings. The molecule has 3 rings (SSSR count). The Morgan fingerprint density at radius 2 is 1.76 bits per heavy atom. The molecule has 0 radical (unpaired) electrons. The highest BCUT2D eigenvalue weighted by molar-refractivity contribution is 6.30. The molecule has 2 aromatic rings. The minimum Gasteiger partial charge on any atom is -0.399 e. The van der Waals surface area contributed by atoms with E-state index in [9.17, 15) is 4.79 Å². The maximum atomic E-state index is 13.4. The van der Waals surface area contributed by atoms with Gasteiger partial charge in [-0.2, -0.15) is 0 Å². The average molecular weight is 414 g/mol. The van der Waals surface area contributed by atoms with E-state index in [1.807, 2.05) is 41.3 Å². The van der Waals surface area contributed by atoms with Crippen LogP contribution in [0.25, 0.3) is 0 Å². The zero-order chi connectivity index (χ0) is 21.2. The molecular weight excluding hydrogens is 382 g/mol. The summed E-state index contributed by atoms with van der Waals surface area (Å²) in [6, 6.07) is 15.4. The molecule has 0 aliphatic carbocycles. The zero-order valence-corrected chi connectivity index (χ0v) is 18.5. The number of rotatable bonds is 5.